The maximum atomic E-state index is 5.59. The molecule has 178 valence electrons. The second-order valence-corrected chi connectivity index (χ2v) is 6.60. The van der Waals surface area contributed by atoms with Gasteiger partial charge < -0.3 is 4.74 Å². The van der Waals surface area contributed by atoms with Gasteiger partial charge >= 0.3 is 11.8 Å². The Morgan fingerprint density at radius 3 is 2.39 bits per heavy atom. The van der Waals surface area contributed by atoms with Gasteiger partial charge in [-0.25, -0.2) is 9.30 Å². The zero-order valence-corrected chi connectivity index (χ0v) is 20.8. The molecule has 6 heteroatoms. The van der Waals surface area contributed by atoms with E-state index in [2.05, 4.69) is 46.7 Å². The summed E-state index contributed by atoms with van der Waals surface area (Å²) < 4.78 is 11.1. The van der Waals surface area contributed by atoms with Crippen LogP contribution in [-0.2, 0) is 16.3 Å². The van der Waals surface area contributed by atoms with Gasteiger partial charge in [-0.1, -0.05) is 45.9 Å². The average Bonchev–Trinajstić information content (AvgIpc) is 2.89. The number of ether oxygens (including phenoxy) is 1. The molecule has 0 spiro atoms. The molecule has 1 aliphatic rings. The second-order valence-electron chi connectivity index (χ2n) is 6.60. The molecule has 0 unspecified atom stereocenters. The van der Waals surface area contributed by atoms with Crippen molar-refractivity contribution in [3.63, 3.8) is 0 Å². The van der Waals surface area contributed by atoms with Crippen molar-refractivity contribution in [3.8, 4) is 5.75 Å². The van der Waals surface area contributed by atoms with Crippen LogP contribution in [0.5, 0.6) is 5.75 Å². The van der Waals surface area contributed by atoms with E-state index in [0.717, 1.165) is 40.8 Å². The van der Waals surface area contributed by atoms with Gasteiger partial charge in [-0.15, -0.1) is 4.99 Å². The molecule has 0 fully saturated rings. The van der Waals surface area contributed by atoms with Crippen molar-refractivity contribution in [2.45, 2.75) is 48.0 Å². The van der Waals surface area contributed by atoms with Crippen molar-refractivity contribution >= 4 is 21.9 Å². The molecule has 0 bridgehead atoms. The number of pyridine rings is 1. The first-order chi connectivity index (χ1) is 16.1. The third-order valence-electron chi connectivity index (χ3n) is 4.54. The van der Waals surface area contributed by atoms with Crippen molar-refractivity contribution in [3.05, 3.63) is 77.7 Å². The van der Waals surface area contributed by atoms with E-state index in [0.29, 0.717) is 0 Å². The fourth-order valence-corrected chi connectivity index (χ4v) is 3.17. The van der Waals surface area contributed by atoms with E-state index in [4.69, 9.17) is 9.15 Å². The highest BCUT2D eigenvalue weighted by molar-refractivity contribution is 5.89. The first kappa shape index (κ1) is 28.0. The van der Waals surface area contributed by atoms with Gasteiger partial charge in [0.1, 0.15) is 11.1 Å². The molecule has 0 atom stereocenters. The summed E-state index contributed by atoms with van der Waals surface area (Å²) in [6.45, 7) is 12.9. The Hall–Kier alpha value is -3.06. The lowest BCUT2D eigenvalue weighted by Gasteiger charge is -2.14. The average molecular weight is 454 g/mol. The maximum Gasteiger partial charge on any atom is 0.366 e. The van der Waals surface area contributed by atoms with Crippen molar-refractivity contribution in [2.24, 2.45) is 5.90 Å². The fraction of sp³-hybridized carbons (Fsp3) is 0.333. The van der Waals surface area contributed by atoms with Crippen LogP contribution < -0.4 is 10.6 Å². The summed E-state index contributed by atoms with van der Waals surface area (Å²) in [5.41, 5.74) is 5.73. The summed E-state index contributed by atoms with van der Waals surface area (Å²) in [5, 5.41) is 2.37. The molecule has 0 amide bonds. The third-order valence-corrected chi connectivity index (χ3v) is 4.54. The number of hydrogen-bond donors (Lipinski definition) is 1. The number of fused-ring (bicyclic) bond motifs is 1. The Morgan fingerprint density at radius 2 is 1.70 bits per heavy atom. The van der Waals surface area contributed by atoms with Gasteiger partial charge in [0, 0.05) is 24.1 Å². The standard InChI is InChI=1S/C12H11O2.C10H9N.2C2H6.CH5NO2/c1-8-2-3-10-11-9(4-6-13-10)5-7-14-12(8)11;1-8-6-9-4-2-3-5-10(9)11-7-8;2*1-2;1-3-4-2/h2-3,5,7H,4,6H2,1H3;2-7H,1H3;2*1-2H3;2H2,1H3/q+1;;;;. The molecule has 0 aliphatic carbocycles. The monoisotopic (exact) mass is 453 g/mol. The van der Waals surface area contributed by atoms with Gasteiger partial charge in [-0.3, -0.25) is 4.98 Å². The molecule has 1 aliphatic heterocycles. The number of rotatable bonds is 1. The molecule has 0 radical (unpaired) electrons. The quantitative estimate of drug-likeness (QED) is 0.190. The van der Waals surface area contributed by atoms with E-state index in [1.54, 1.807) is 6.26 Å². The summed E-state index contributed by atoms with van der Waals surface area (Å²) in [6, 6.07) is 16.4. The van der Waals surface area contributed by atoms with E-state index in [-0.39, 0.29) is 0 Å². The van der Waals surface area contributed by atoms with Gasteiger partial charge in [0.05, 0.1) is 24.8 Å². The predicted molar refractivity (Wildman–Crippen MR) is 136 cm³/mol. The molecule has 0 saturated heterocycles. The molecule has 2 aromatic carbocycles. The van der Waals surface area contributed by atoms with Gasteiger partial charge in [-0.2, -0.15) is 5.90 Å². The highest BCUT2D eigenvalue weighted by Crippen LogP contribution is 2.34. The number of hydrogen-bond acceptors (Lipinski definition) is 5. The molecule has 5 rings (SSSR count). The Morgan fingerprint density at radius 1 is 1.00 bits per heavy atom. The minimum absolute atomic E-state index is 0.773. The van der Waals surface area contributed by atoms with E-state index in [1.165, 1.54) is 23.6 Å². The fourth-order valence-electron chi connectivity index (χ4n) is 3.17. The zero-order chi connectivity index (χ0) is 24.6. The van der Waals surface area contributed by atoms with E-state index >= 15 is 0 Å². The van der Waals surface area contributed by atoms with Crippen LogP contribution in [0.4, 0.5) is 0 Å². The third kappa shape index (κ3) is 8.09. The molecule has 2 N–H and O–H groups in total. The van der Waals surface area contributed by atoms with Crippen LogP contribution in [0.25, 0.3) is 21.9 Å². The number of aryl methyl sites for hydroxylation is 2. The van der Waals surface area contributed by atoms with E-state index in [9.17, 15) is 0 Å². The van der Waals surface area contributed by atoms with Crippen LogP contribution >= 0.6 is 0 Å². The van der Waals surface area contributed by atoms with Crippen LogP contribution in [0.3, 0.4) is 0 Å². The van der Waals surface area contributed by atoms with Crippen LogP contribution in [0.15, 0.2) is 65.4 Å². The molecule has 4 aromatic rings. The van der Waals surface area contributed by atoms with E-state index in [1.807, 2.05) is 70.3 Å². The van der Waals surface area contributed by atoms with Crippen LogP contribution in [0.2, 0.25) is 0 Å². The number of aromatic nitrogens is 1. The van der Waals surface area contributed by atoms with Gasteiger partial charge in [0.15, 0.2) is 0 Å². The van der Waals surface area contributed by atoms with Gasteiger partial charge in [0.2, 0.25) is 0 Å². The minimum atomic E-state index is 0.773. The van der Waals surface area contributed by atoms with Crippen LogP contribution in [0.1, 0.15) is 44.4 Å². The predicted octanol–water partition coefficient (Wildman–Crippen LogP) is 6.99. The molecule has 2 aromatic heterocycles. The summed E-state index contributed by atoms with van der Waals surface area (Å²) in [5.74, 6) is 5.26. The minimum Gasteiger partial charge on any atom is -0.492 e. The van der Waals surface area contributed by atoms with Crippen molar-refractivity contribution in [1.82, 2.24) is 4.98 Å². The largest absolute Gasteiger partial charge is 0.492 e. The van der Waals surface area contributed by atoms with Gasteiger partial charge in [0.25, 0.3) is 0 Å². The Balaban J connectivity index is 0.000000257. The summed E-state index contributed by atoms with van der Waals surface area (Å²) in [7, 11) is 1.33. The first-order valence-corrected chi connectivity index (χ1v) is 11.3. The molecule has 0 saturated carbocycles. The van der Waals surface area contributed by atoms with Crippen molar-refractivity contribution < 1.29 is 19.0 Å². The normalized spacial score (nSPS) is 10.7. The Bertz CT molecular complexity index is 1090. The van der Waals surface area contributed by atoms with Crippen molar-refractivity contribution in [1.29, 1.82) is 0 Å². The lowest BCUT2D eigenvalue weighted by molar-refractivity contribution is -0.277. The SMILES string of the molecule is CC.CC.COON.Cc1ccc2c3c(cc[o+]c13)CCO2.Cc1cnc2ccccc2c1. The molecular weight excluding hydrogens is 416 g/mol. The number of para-hydroxylation sites is 1. The molecule has 6 nitrogen and oxygen atoms in total. The maximum absolute atomic E-state index is 5.59. The van der Waals surface area contributed by atoms with E-state index < -0.39 is 0 Å². The highest BCUT2D eigenvalue weighted by Gasteiger charge is 2.21. The number of benzene rings is 2. The summed E-state index contributed by atoms with van der Waals surface area (Å²) in [4.78, 5) is 11.6. The number of nitrogens with two attached hydrogens (primary N) is 1. The highest BCUT2D eigenvalue weighted by atomic mass is 17.3. The van der Waals surface area contributed by atoms with Crippen LogP contribution in [0, 0.1) is 13.8 Å². The smallest absolute Gasteiger partial charge is 0.366 e. The number of nitrogens with zero attached hydrogens (tertiary/aromatic N) is 1. The van der Waals surface area contributed by atoms with Crippen molar-refractivity contribution in [2.75, 3.05) is 13.7 Å². The zero-order valence-electron chi connectivity index (χ0n) is 20.8. The summed E-state index contributed by atoms with van der Waals surface area (Å²) >= 11 is 0. The molecular formula is C27H37N2O4+. The second kappa shape index (κ2) is 15.7. The first-order valence-electron chi connectivity index (χ1n) is 11.3. The molecule has 33 heavy (non-hydrogen) atoms. The Kier molecular flexibility index (Phi) is 13.3. The lowest BCUT2D eigenvalue weighted by Crippen LogP contribution is -2.08. The van der Waals surface area contributed by atoms with Crippen LogP contribution in [-0.4, -0.2) is 18.7 Å². The Labute approximate surface area is 197 Å². The topological polar surface area (TPSA) is 77.9 Å². The molecule has 3 heterocycles. The van der Waals surface area contributed by atoms with Gasteiger partial charge in [-0.05, 0) is 49.2 Å². The lowest BCUT2D eigenvalue weighted by atomic mass is 10.0. The summed E-state index contributed by atoms with van der Waals surface area (Å²) in [6.07, 6.45) is 4.63.